The van der Waals surface area contributed by atoms with Crippen LogP contribution in [0.2, 0.25) is 0 Å². The van der Waals surface area contributed by atoms with E-state index in [1.165, 1.54) is 5.56 Å². The molecule has 0 saturated carbocycles. The molecule has 1 rings (SSSR count). The Balaban J connectivity index is 2.07. The lowest BCUT2D eigenvalue weighted by Gasteiger charge is -2.10. The number of rotatable bonds is 9. The standard InChI is InChI=1S/C15H21NO3S/c1-12(9-15(18)19)10-16-14(17)11-20-8-7-13-5-3-2-4-6-13/h2-6,12H,7-11H2,1H3,(H,16,17)(H,18,19). The Morgan fingerprint density at radius 1 is 1.30 bits per heavy atom. The van der Waals surface area contributed by atoms with Crippen LogP contribution in [-0.2, 0) is 16.0 Å². The van der Waals surface area contributed by atoms with Crippen molar-refractivity contribution in [2.24, 2.45) is 5.92 Å². The zero-order valence-electron chi connectivity index (χ0n) is 11.7. The van der Waals surface area contributed by atoms with Crippen molar-refractivity contribution in [2.75, 3.05) is 18.1 Å². The fraction of sp³-hybridized carbons (Fsp3) is 0.467. The van der Waals surface area contributed by atoms with E-state index >= 15 is 0 Å². The van der Waals surface area contributed by atoms with E-state index in [0.717, 1.165) is 12.2 Å². The van der Waals surface area contributed by atoms with Gasteiger partial charge in [-0.25, -0.2) is 0 Å². The third-order valence-electron chi connectivity index (χ3n) is 2.78. The van der Waals surface area contributed by atoms with Crippen LogP contribution in [0.15, 0.2) is 30.3 Å². The number of thioether (sulfide) groups is 1. The van der Waals surface area contributed by atoms with Crippen molar-refractivity contribution in [1.29, 1.82) is 0 Å². The number of nitrogens with one attached hydrogen (secondary N) is 1. The monoisotopic (exact) mass is 295 g/mol. The second kappa shape index (κ2) is 9.42. The molecule has 0 fully saturated rings. The molecule has 0 radical (unpaired) electrons. The van der Waals surface area contributed by atoms with Gasteiger partial charge in [0.25, 0.3) is 0 Å². The maximum Gasteiger partial charge on any atom is 0.303 e. The third kappa shape index (κ3) is 7.84. The summed E-state index contributed by atoms with van der Waals surface area (Å²) < 4.78 is 0. The van der Waals surface area contributed by atoms with E-state index in [1.807, 2.05) is 25.1 Å². The predicted molar refractivity (Wildman–Crippen MR) is 81.9 cm³/mol. The molecule has 1 atom stereocenters. The largest absolute Gasteiger partial charge is 0.481 e. The van der Waals surface area contributed by atoms with Gasteiger partial charge in [0.05, 0.1) is 5.75 Å². The van der Waals surface area contributed by atoms with E-state index in [9.17, 15) is 9.59 Å². The lowest BCUT2D eigenvalue weighted by Crippen LogP contribution is -2.30. The summed E-state index contributed by atoms with van der Waals surface area (Å²) in [5, 5.41) is 11.4. The van der Waals surface area contributed by atoms with E-state index in [1.54, 1.807) is 11.8 Å². The van der Waals surface area contributed by atoms with E-state index in [-0.39, 0.29) is 18.2 Å². The second-order valence-corrected chi connectivity index (χ2v) is 5.90. The molecular weight excluding hydrogens is 274 g/mol. The number of carboxylic acid groups (broad SMARTS) is 1. The summed E-state index contributed by atoms with van der Waals surface area (Å²) in [5.74, 6) is 0.435. The minimum absolute atomic E-state index is 0.0275. The predicted octanol–water partition coefficient (Wildman–Crippen LogP) is 2.19. The Morgan fingerprint density at radius 3 is 2.65 bits per heavy atom. The first-order valence-corrected chi connectivity index (χ1v) is 7.83. The van der Waals surface area contributed by atoms with Gasteiger partial charge in [0.2, 0.25) is 5.91 Å². The van der Waals surface area contributed by atoms with Gasteiger partial charge in [-0.05, 0) is 23.7 Å². The molecule has 0 aliphatic rings. The molecule has 1 aromatic carbocycles. The van der Waals surface area contributed by atoms with E-state index in [4.69, 9.17) is 5.11 Å². The van der Waals surface area contributed by atoms with Crippen molar-refractivity contribution in [2.45, 2.75) is 19.8 Å². The molecule has 5 heteroatoms. The van der Waals surface area contributed by atoms with Gasteiger partial charge in [-0.15, -0.1) is 0 Å². The second-order valence-electron chi connectivity index (χ2n) is 4.80. The van der Waals surface area contributed by atoms with Crippen LogP contribution in [-0.4, -0.2) is 35.0 Å². The molecule has 0 bridgehead atoms. The normalized spacial score (nSPS) is 11.8. The van der Waals surface area contributed by atoms with Crippen LogP contribution >= 0.6 is 11.8 Å². The lowest BCUT2D eigenvalue weighted by molar-refractivity contribution is -0.138. The topological polar surface area (TPSA) is 66.4 Å². The zero-order chi connectivity index (χ0) is 14.8. The quantitative estimate of drug-likeness (QED) is 0.685. The van der Waals surface area contributed by atoms with Crippen LogP contribution in [0.4, 0.5) is 0 Å². The summed E-state index contributed by atoms with van der Waals surface area (Å²) in [7, 11) is 0. The first kappa shape index (κ1) is 16.6. The highest BCUT2D eigenvalue weighted by Crippen LogP contribution is 2.07. The number of amides is 1. The van der Waals surface area contributed by atoms with Gasteiger partial charge in [0.15, 0.2) is 0 Å². The number of carbonyl (C=O) groups is 2. The molecule has 0 aromatic heterocycles. The molecule has 4 nitrogen and oxygen atoms in total. The molecule has 0 spiro atoms. The molecule has 0 aliphatic heterocycles. The SMILES string of the molecule is CC(CNC(=O)CSCCc1ccccc1)CC(=O)O. The van der Waals surface area contributed by atoms with Crippen LogP contribution in [0.1, 0.15) is 18.9 Å². The highest BCUT2D eigenvalue weighted by molar-refractivity contribution is 7.99. The summed E-state index contributed by atoms with van der Waals surface area (Å²) in [4.78, 5) is 22.0. The van der Waals surface area contributed by atoms with Crippen LogP contribution < -0.4 is 5.32 Å². The average molecular weight is 295 g/mol. The summed E-state index contributed by atoms with van der Waals surface area (Å²) in [6.07, 6.45) is 1.04. The van der Waals surface area contributed by atoms with Gasteiger partial charge in [-0.1, -0.05) is 37.3 Å². The Hall–Kier alpha value is -1.49. The highest BCUT2D eigenvalue weighted by Gasteiger charge is 2.09. The third-order valence-corrected chi connectivity index (χ3v) is 3.74. The van der Waals surface area contributed by atoms with E-state index < -0.39 is 5.97 Å². The van der Waals surface area contributed by atoms with Crippen molar-refractivity contribution in [3.63, 3.8) is 0 Å². The Kier molecular flexibility index (Phi) is 7.80. The Bertz CT molecular complexity index is 422. The van der Waals surface area contributed by atoms with Crippen LogP contribution in [0.5, 0.6) is 0 Å². The van der Waals surface area contributed by atoms with E-state index in [2.05, 4.69) is 17.4 Å². The molecular formula is C15H21NO3S. The zero-order valence-corrected chi connectivity index (χ0v) is 12.5. The van der Waals surface area contributed by atoms with Gasteiger partial charge >= 0.3 is 5.97 Å². The molecule has 2 N–H and O–H groups in total. The fourth-order valence-corrected chi connectivity index (χ4v) is 2.52. The molecule has 110 valence electrons. The number of hydrogen-bond donors (Lipinski definition) is 2. The molecule has 1 unspecified atom stereocenters. The number of aliphatic carboxylic acids is 1. The summed E-state index contributed by atoms with van der Waals surface area (Å²) in [6, 6.07) is 10.2. The van der Waals surface area contributed by atoms with Crippen molar-refractivity contribution in [1.82, 2.24) is 5.32 Å². The first-order chi connectivity index (χ1) is 9.58. The van der Waals surface area contributed by atoms with Crippen molar-refractivity contribution in [3.05, 3.63) is 35.9 Å². The number of benzene rings is 1. The molecule has 0 saturated heterocycles. The smallest absolute Gasteiger partial charge is 0.303 e. The van der Waals surface area contributed by atoms with Crippen molar-refractivity contribution < 1.29 is 14.7 Å². The summed E-state index contributed by atoms with van der Waals surface area (Å²) in [6.45, 7) is 2.24. The number of hydrogen-bond acceptors (Lipinski definition) is 3. The van der Waals surface area contributed by atoms with Crippen molar-refractivity contribution >= 4 is 23.6 Å². The lowest BCUT2D eigenvalue weighted by atomic mass is 10.1. The molecule has 0 aliphatic carbocycles. The van der Waals surface area contributed by atoms with Gasteiger partial charge < -0.3 is 10.4 Å². The number of carbonyl (C=O) groups excluding carboxylic acids is 1. The number of carboxylic acids is 1. The number of aryl methyl sites for hydroxylation is 1. The summed E-state index contributed by atoms with van der Waals surface area (Å²) in [5.41, 5.74) is 1.27. The van der Waals surface area contributed by atoms with Gasteiger partial charge in [-0.3, -0.25) is 9.59 Å². The molecule has 1 aromatic rings. The minimum atomic E-state index is -0.830. The molecule has 0 heterocycles. The van der Waals surface area contributed by atoms with Crippen LogP contribution in [0.3, 0.4) is 0 Å². The maximum absolute atomic E-state index is 11.6. The average Bonchev–Trinajstić information content (AvgIpc) is 2.42. The minimum Gasteiger partial charge on any atom is -0.481 e. The van der Waals surface area contributed by atoms with Gasteiger partial charge in [-0.2, -0.15) is 11.8 Å². The fourth-order valence-electron chi connectivity index (χ4n) is 1.71. The highest BCUT2D eigenvalue weighted by atomic mass is 32.2. The van der Waals surface area contributed by atoms with E-state index in [0.29, 0.717) is 12.3 Å². The maximum atomic E-state index is 11.6. The molecule has 20 heavy (non-hydrogen) atoms. The van der Waals surface area contributed by atoms with Crippen molar-refractivity contribution in [3.8, 4) is 0 Å². The Labute approximate surface area is 124 Å². The van der Waals surface area contributed by atoms with Crippen LogP contribution in [0, 0.1) is 5.92 Å². The molecule has 1 amide bonds. The van der Waals surface area contributed by atoms with Gasteiger partial charge in [0.1, 0.15) is 0 Å². The summed E-state index contributed by atoms with van der Waals surface area (Å²) >= 11 is 1.59. The Morgan fingerprint density at radius 2 is 2.00 bits per heavy atom. The van der Waals surface area contributed by atoms with Gasteiger partial charge in [0, 0.05) is 13.0 Å². The first-order valence-electron chi connectivity index (χ1n) is 6.68. The van der Waals surface area contributed by atoms with Crippen LogP contribution in [0.25, 0.3) is 0 Å².